The lowest BCUT2D eigenvalue weighted by molar-refractivity contribution is -0.351. The third kappa shape index (κ3) is 5.94. The zero-order valence-corrected chi connectivity index (χ0v) is 32.7. The van der Waals surface area contributed by atoms with Crippen molar-refractivity contribution >= 4 is 5.97 Å². The first kappa shape index (κ1) is 40.0. The molecule has 6 fully saturated rings. The molecule has 53 heavy (non-hydrogen) atoms. The summed E-state index contributed by atoms with van der Waals surface area (Å²) in [5.74, 6) is 0.218. The monoisotopic (exact) mass is 750 g/mol. The summed E-state index contributed by atoms with van der Waals surface area (Å²) in [6, 6.07) is 0. The fraction of sp³-hybridized carbons (Fsp3) is 0.927. The van der Waals surface area contributed by atoms with Gasteiger partial charge in [-0.3, -0.25) is 4.79 Å². The van der Waals surface area contributed by atoms with Gasteiger partial charge in [0.25, 0.3) is 0 Å². The zero-order chi connectivity index (χ0) is 38.7. The minimum Gasteiger partial charge on any atom is -0.481 e. The summed E-state index contributed by atoms with van der Waals surface area (Å²) in [4.78, 5) is 13.0. The Balaban J connectivity index is 1.06. The van der Waals surface area contributed by atoms with Crippen LogP contribution in [0.3, 0.4) is 0 Å². The first-order valence-electron chi connectivity index (χ1n) is 20.2. The van der Waals surface area contributed by atoms with Gasteiger partial charge in [0, 0.05) is 0 Å². The van der Waals surface area contributed by atoms with Crippen LogP contribution in [0, 0.1) is 50.2 Å². The molecule has 0 aromatic carbocycles. The number of carboxylic acids is 1. The molecule has 2 heterocycles. The Morgan fingerprint density at radius 3 is 2.15 bits per heavy atom. The van der Waals surface area contributed by atoms with Crippen molar-refractivity contribution in [1.82, 2.24) is 0 Å². The maximum atomic E-state index is 13.0. The predicted molar refractivity (Wildman–Crippen MR) is 192 cm³/mol. The van der Waals surface area contributed by atoms with Crippen molar-refractivity contribution in [3.8, 4) is 0 Å². The Hall–Kier alpha value is -1.19. The first-order chi connectivity index (χ1) is 24.7. The van der Waals surface area contributed by atoms with E-state index >= 15 is 0 Å². The van der Waals surface area contributed by atoms with Crippen LogP contribution in [0.1, 0.15) is 113 Å². The second kappa shape index (κ2) is 13.5. The minimum absolute atomic E-state index is 0.0183. The molecule has 17 atom stereocenters. The molecule has 0 aromatic rings. The van der Waals surface area contributed by atoms with Crippen LogP contribution < -0.4 is 0 Å². The van der Waals surface area contributed by atoms with Crippen molar-refractivity contribution in [2.45, 2.75) is 174 Å². The van der Waals surface area contributed by atoms with Crippen LogP contribution in [0.15, 0.2) is 11.6 Å². The summed E-state index contributed by atoms with van der Waals surface area (Å²) >= 11 is 0. The number of aliphatic carboxylic acids is 1. The van der Waals surface area contributed by atoms with Gasteiger partial charge in [-0.15, -0.1) is 0 Å². The van der Waals surface area contributed by atoms with Crippen LogP contribution >= 0.6 is 0 Å². The summed E-state index contributed by atoms with van der Waals surface area (Å²) in [6.07, 6.45) is -1.38. The number of carbonyl (C=O) groups is 1. The van der Waals surface area contributed by atoms with E-state index in [0.29, 0.717) is 11.8 Å². The fourth-order valence-corrected chi connectivity index (χ4v) is 13.4. The van der Waals surface area contributed by atoms with Gasteiger partial charge in [0.1, 0.15) is 42.7 Å². The number of ether oxygens (including phenoxy) is 4. The highest BCUT2D eigenvalue weighted by molar-refractivity contribution is 5.76. The van der Waals surface area contributed by atoms with E-state index in [1.54, 1.807) is 0 Å². The molecule has 0 bridgehead atoms. The molecule has 5 aliphatic carbocycles. The van der Waals surface area contributed by atoms with Gasteiger partial charge in [-0.1, -0.05) is 60.1 Å². The van der Waals surface area contributed by atoms with Gasteiger partial charge in [0.15, 0.2) is 12.6 Å². The minimum atomic E-state index is -1.65. The molecule has 7 aliphatic rings. The van der Waals surface area contributed by atoms with Crippen LogP contribution in [0.25, 0.3) is 0 Å². The molecule has 0 spiro atoms. The third-order valence-corrected chi connectivity index (χ3v) is 16.9. The topological polar surface area (TPSA) is 196 Å². The number of carboxylic acid groups (broad SMARTS) is 1. The molecule has 0 radical (unpaired) electrons. The molecule has 2 saturated heterocycles. The van der Waals surface area contributed by atoms with Crippen molar-refractivity contribution in [3.63, 3.8) is 0 Å². The van der Waals surface area contributed by atoms with E-state index in [9.17, 15) is 40.5 Å². The molecule has 12 heteroatoms. The number of aliphatic hydroxyl groups excluding tert-OH is 6. The van der Waals surface area contributed by atoms with Gasteiger partial charge in [0.2, 0.25) is 0 Å². The molecule has 7 N–H and O–H groups in total. The average molecular weight is 751 g/mol. The summed E-state index contributed by atoms with van der Waals surface area (Å²) < 4.78 is 23.7. The van der Waals surface area contributed by atoms with Gasteiger partial charge in [0.05, 0.1) is 24.7 Å². The van der Waals surface area contributed by atoms with Crippen LogP contribution in [0.5, 0.6) is 0 Å². The van der Waals surface area contributed by atoms with Gasteiger partial charge < -0.3 is 54.7 Å². The molecule has 302 valence electrons. The number of allylic oxidation sites excluding steroid dienone is 2. The summed E-state index contributed by atoms with van der Waals surface area (Å²) in [5, 5.41) is 73.2. The third-order valence-electron chi connectivity index (χ3n) is 16.9. The van der Waals surface area contributed by atoms with Crippen LogP contribution in [-0.4, -0.2) is 116 Å². The van der Waals surface area contributed by atoms with Crippen molar-refractivity contribution < 1.29 is 59.5 Å². The number of hydrogen-bond donors (Lipinski definition) is 7. The summed E-state index contributed by atoms with van der Waals surface area (Å²) in [5.41, 5.74) is 0.584. The number of fused-ring (bicyclic) bond motifs is 7. The molecule has 2 aliphatic heterocycles. The predicted octanol–water partition coefficient (Wildman–Crippen LogP) is 3.52. The van der Waals surface area contributed by atoms with Gasteiger partial charge >= 0.3 is 5.97 Å². The van der Waals surface area contributed by atoms with Crippen molar-refractivity contribution in [2.24, 2.45) is 50.2 Å². The Labute approximate surface area is 314 Å². The highest BCUT2D eigenvalue weighted by atomic mass is 16.7. The standard InChI is InChI=1S/C41H66O12/c1-36(2)14-16-41(35(48)49)17-15-39(6)21(22(41)18-36)8-9-26-38(5)12-11-27(37(3,4)25(38)10-13-40(26,39)7)53-33-31(46)29(44)24(20-50-33)52-34-32(47)30(45)28(43)23(19-42)51-34/h8,22-34,42-47H,9-20H2,1-7H3,(H,48,49)/t22-,23-,24-,25-,26-,27-,28-,29+,30+,31-,32-,33-,34+,38-,39-,40-,41+/m1/s1. The van der Waals surface area contributed by atoms with Gasteiger partial charge in [-0.2, -0.15) is 0 Å². The Morgan fingerprint density at radius 2 is 1.47 bits per heavy atom. The molecule has 12 nitrogen and oxygen atoms in total. The highest BCUT2D eigenvalue weighted by Gasteiger charge is 2.69. The lowest BCUT2D eigenvalue weighted by atomic mass is 9.33. The number of hydrogen-bond acceptors (Lipinski definition) is 11. The van der Waals surface area contributed by atoms with E-state index in [0.717, 1.165) is 64.2 Å². The molecule has 0 amide bonds. The van der Waals surface area contributed by atoms with E-state index in [-0.39, 0.29) is 45.7 Å². The van der Waals surface area contributed by atoms with Crippen molar-refractivity contribution in [3.05, 3.63) is 11.6 Å². The number of rotatable bonds is 6. The smallest absolute Gasteiger partial charge is 0.310 e. The molecular formula is C41H66O12. The maximum Gasteiger partial charge on any atom is 0.310 e. The van der Waals surface area contributed by atoms with Crippen LogP contribution in [-0.2, 0) is 23.7 Å². The van der Waals surface area contributed by atoms with E-state index < -0.39 is 73.3 Å². The second-order valence-corrected chi connectivity index (χ2v) is 20.2. The summed E-state index contributed by atoms with van der Waals surface area (Å²) in [7, 11) is 0. The molecule has 7 rings (SSSR count). The lowest BCUT2D eigenvalue weighted by Crippen LogP contribution is -2.66. The number of aliphatic hydroxyl groups is 6. The van der Waals surface area contributed by atoms with E-state index in [2.05, 4.69) is 54.5 Å². The van der Waals surface area contributed by atoms with Crippen LogP contribution in [0.2, 0.25) is 0 Å². The molecule has 0 aromatic heterocycles. The molecular weight excluding hydrogens is 684 g/mol. The van der Waals surface area contributed by atoms with Crippen LogP contribution in [0.4, 0.5) is 0 Å². The fourth-order valence-electron chi connectivity index (χ4n) is 13.4. The average Bonchev–Trinajstić information content (AvgIpc) is 3.09. The Bertz CT molecular complexity index is 1430. The molecule has 4 saturated carbocycles. The second-order valence-electron chi connectivity index (χ2n) is 20.2. The highest BCUT2D eigenvalue weighted by Crippen LogP contribution is 2.76. The van der Waals surface area contributed by atoms with Gasteiger partial charge in [-0.05, 0) is 109 Å². The quantitative estimate of drug-likeness (QED) is 0.155. The lowest BCUT2D eigenvalue weighted by Gasteiger charge is -2.71. The zero-order valence-electron chi connectivity index (χ0n) is 32.7. The molecule has 0 unspecified atom stereocenters. The Morgan fingerprint density at radius 1 is 0.792 bits per heavy atom. The van der Waals surface area contributed by atoms with E-state index in [1.165, 1.54) is 5.57 Å². The van der Waals surface area contributed by atoms with E-state index in [4.69, 9.17) is 18.9 Å². The maximum absolute atomic E-state index is 13.0. The normalized spacial score (nSPS) is 53.3. The van der Waals surface area contributed by atoms with Gasteiger partial charge in [-0.25, -0.2) is 0 Å². The first-order valence-corrected chi connectivity index (χ1v) is 20.2. The SMILES string of the molecule is CC1(C)CC[C@]2(C(=O)O)CC[C@]3(C)C(=CC[C@@H]4[C@]5(C)CC[C@@H](O[C@H]6OC[C@@H](O[C@@H]7O[C@H](CO)[C@@H](O)[C@H](O)[C@H]7O)[C@H](O)[C@H]6O)C(C)(C)[C@H]5CC[C@]43C)[C@H]2C1. The summed E-state index contributed by atoms with van der Waals surface area (Å²) in [6.45, 7) is 15.8. The Kier molecular flexibility index (Phi) is 10.2. The van der Waals surface area contributed by atoms with Crippen molar-refractivity contribution in [2.75, 3.05) is 13.2 Å². The van der Waals surface area contributed by atoms with Crippen molar-refractivity contribution in [1.29, 1.82) is 0 Å². The largest absolute Gasteiger partial charge is 0.481 e. The van der Waals surface area contributed by atoms with E-state index in [1.807, 2.05) is 0 Å².